The molecule has 0 saturated heterocycles. The van der Waals surface area contributed by atoms with Crippen molar-refractivity contribution in [3.63, 3.8) is 0 Å². The molecule has 0 saturated carbocycles. The number of hydrogen-bond donors (Lipinski definition) is 2. The average molecular weight is 313 g/mol. The van der Waals surface area contributed by atoms with Gasteiger partial charge in [0.15, 0.2) is 9.84 Å². The molecule has 0 fully saturated rings. The molecule has 5 nitrogen and oxygen atoms in total. The van der Waals surface area contributed by atoms with E-state index >= 15 is 0 Å². The van der Waals surface area contributed by atoms with Crippen molar-refractivity contribution in [2.45, 2.75) is 38.2 Å². The van der Waals surface area contributed by atoms with E-state index in [2.05, 4.69) is 5.32 Å². The van der Waals surface area contributed by atoms with Crippen LogP contribution in [0.1, 0.15) is 37.6 Å². The molecule has 1 atom stereocenters. The van der Waals surface area contributed by atoms with Gasteiger partial charge in [0.1, 0.15) is 0 Å². The van der Waals surface area contributed by atoms with Gasteiger partial charge in [-0.1, -0.05) is 32.9 Å². The van der Waals surface area contributed by atoms with E-state index in [0.29, 0.717) is 12.3 Å². The quantitative estimate of drug-likeness (QED) is 0.801. The van der Waals surface area contributed by atoms with Crippen molar-refractivity contribution < 1.29 is 18.3 Å². The molecule has 118 valence electrons. The molecule has 0 spiro atoms. The van der Waals surface area contributed by atoms with Crippen molar-refractivity contribution in [1.29, 1.82) is 0 Å². The van der Waals surface area contributed by atoms with Gasteiger partial charge in [-0.25, -0.2) is 8.42 Å². The Balaban J connectivity index is 2.85. The summed E-state index contributed by atoms with van der Waals surface area (Å²) in [7, 11) is -3.45. The number of carbonyl (C=O) groups is 1. The highest BCUT2D eigenvalue weighted by Crippen LogP contribution is 2.17. The monoisotopic (exact) mass is 313 g/mol. The lowest BCUT2D eigenvalue weighted by atomic mass is 10.1. The Kier molecular flexibility index (Phi) is 6.36. The van der Waals surface area contributed by atoms with Crippen molar-refractivity contribution in [3.8, 4) is 0 Å². The molecule has 0 aliphatic heterocycles. The fourth-order valence-corrected chi connectivity index (χ4v) is 3.11. The first kappa shape index (κ1) is 17.7. The number of carbonyl (C=O) groups excluding carboxylic acids is 1. The molecule has 0 heterocycles. The highest BCUT2D eigenvalue weighted by atomic mass is 32.2. The Labute approximate surface area is 126 Å². The van der Waals surface area contributed by atoms with Crippen LogP contribution < -0.4 is 5.32 Å². The molecule has 0 bridgehead atoms. The number of sulfone groups is 1. The van der Waals surface area contributed by atoms with Crippen LogP contribution in [0.5, 0.6) is 0 Å². The summed E-state index contributed by atoms with van der Waals surface area (Å²) in [5.41, 5.74) is 0.121. The molecule has 6 heteroatoms. The van der Waals surface area contributed by atoms with Crippen molar-refractivity contribution >= 4 is 15.7 Å². The Morgan fingerprint density at radius 2 is 1.90 bits per heavy atom. The third-order valence-corrected chi connectivity index (χ3v) is 4.87. The van der Waals surface area contributed by atoms with E-state index in [9.17, 15) is 18.3 Å². The number of amides is 1. The lowest BCUT2D eigenvalue weighted by Crippen LogP contribution is -2.33. The second-order valence-corrected chi connectivity index (χ2v) is 7.64. The minimum absolute atomic E-state index is 0.0309. The van der Waals surface area contributed by atoms with Crippen molar-refractivity contribution in [3.05, 3.63) is 29.8 Å². The predicted octanol–water partition coefficient (Wildman–Crippen LogP) is 1.62. The molecule has 1 aromatic carbocycles. The van der Waals surface area contributed by atoms with Crippen molar-refractivity contribution in [1.82, 2.24) is 5.32 Å². The Morgan fingerprint density at radius 1 is 1.29 bits per heavy atom. The third kappa shape index (κ3) is 5.13. The number of rotatable bonds is 7. The summed E-state index contributed by atoms with van der Waals surface area (Å²) >= 11 is 0. The topological polar surface area (TPSA) is 83.5 Å². The third-order valence-electron chi connectivity index (χ3n) is 3.09. The molecule has 0 aliphatic carbocycles. The van der Waals surface area contributed by atoms with E-state index in [1.54, 1.807) is 12.1 Å². The number of benzene rings is 1. The van der Waals surface area contributed by atoms with Gasteiger partial charge in [0.2, 0.25) is 0 Å². The largest absolute Gasteiger partial charge is 0.391 e. The second kappa shape index (κ2) is 7.56. The number of nitrogens with one attached hydrogen (secondary N) is 1. The van der Waals surface area contributed by atoms with Crippen LogP contribution in [-0.4, -0.2) is 37.8 Å². The predicted molar refractivity (Wildman–Crippen MR) is 82.0 cm³/mol. The Hall–Kier alpha value is -1.40. The molecule has 1 rings (SSSR count). The highest BCUT2D eigenvalue weighted by Gasteiger charge is 2.20. The summed E-state index contributed by atoms with van der Waals surface area (Å²) in [5.74, 6) is -0.220. The molecule has 1 amide bonds. The van der Waals surface area contributed by atoms with Gasteiger partial charge in [0.05, 0.1) is 22.3 Å². The van der Waals surface area contributed by atoms with Crippen LogP contribution in [0, 0.1) is 5.92 Å². The van der Waals surface area contributed by atoms with Gasteiger partial charge in [-0.05, 0) is 24.5 Å². The number of hydrogen-bond acceptors (Lipinski definition) is 4. The van der Waals surface area contributed by atoms with Gasteiger partial charge in [-0.2, -0.15) is 0 Å². The normalized spacial score (nSPS) is 13.2. The van der Waals surface area contributed by atoms with E-state index in [1.165, 1.54) is 19.1 Å². The summed E-state index contributed by atoms with van der Waals surface area (Å²) < 4.78 is 24.0. The van der Waals surface area contributed by atoms with Crippen LogP contribution in [0.3, 0.4) is 0 Å². The van der Waals surface area contributed by atoms with Crippen LogP contribution >= 0.6 is 0 Å². The lowest BCUT2D eigenvalue weighted by molar-refractivity contribution is 0.0897. The van der Waals surface area contributed by atoms with Gasteiger partial charge in [-0.3, -0.25) is 4.79 Å². The first-order chi connectivity index (χ1) is 9.77. The van der Waals surface area contributed by atoms with Gasteiger partial charge >= 0.3 is 0 Å². The molecule has 1 unspecified atom stereocenters. The number of aliphatic hydroxyl groups excluding tert-OH is 1. The summed E-state index contributed by atoms with van der Waals surface area (Å²) in [6, 6.07) is 6.12. The van der Waals surface area contributed by atoms with Gasteiger partial charge in [-0.15, -0.1) is 0 Å². The standard InChI is InChI=1S/C15H23NO4S/c1-4-21(19,20)14-8-6-5-7-13(14)15(18)16-10-12(17)9-11(2)3/h5-8,11-12,17H,4,9-10H2,1-3H3,(H,16,18). The first-order valence-electron chi connectivity index (χ1n) is 7.06. The molecule has 2 N–H and O–H groups in total. The van der Waals surface area contributed by atoms with E-state index < -0.39 is 21.8 Å². The molecular formula is C15H23NO4S. The van der Waals surface area contributed by atoms with Crippen molar-refractivity contribution in [2.75, 3.05) is 12.3 Å². The summed E-state index contributed by atoms with van der Waals surface area (Å²) in [6.45, 7) is 5.61. The maximum Gasteiger partial charge on any atom is 0.252 e. The van der Waals surface area contributed by atoms with Crippen LogP contribution in [0.25, 0.3) is 0 Å². The number of aliphatic hydroxyl groups is 1. The summed E-state index contributed by atoms with van der Waals surface area (Å²) in [5, 5.41) is 12.3. The minimum atomic E-state index is -3.45. The fourth-order valence-electron chi connectivity index (χ4n) is 2.01. The van der Waals surface area contributed by atoms with Crippen LogP contribution in [0.2, 0.25) is 0 Å². The zero-order chi connectivity index (χ0) is 16.0. The molecule has 1 aromatic rings. The first-order valence-corrected chi connectivity index (χ1v) is 8.71. The second-order valence-electron chi connectivity index (χ2n) is 5.39. The average Bonchev–Trinajstić information content (AvgIpc) is 2.44. The minimum Gasteiger partial charge on any atom is -0.391 e. The van der Waals surface area contributed by atoms with Crippen LogP contribution in [0.4, 0.5) is 0 Å². The van der Waals surface area contributed by atoms with E-state index in [1.807, 2.05) is 13.8 Å². The lowest BCUT2D eigenvalue weighted by Gasteiger charge is -2.15. The molecule has 21 heavy (non-hydrogen) atoms. The Bertz CT molecular complexity index is 581. The zero-order valence-corrected chi connectivity index (χ0v) is 13.5. The van der Waals surface area contributed by atoms with Gasteiger partial charge in [0, 0.05) is 6.54 Å². The van der Waals surface area contributed by atoms with Crippen LogP contribution in [0.15, 0.2) is 29.2 Å². The summed E-state index contributed by atoms with van der Waals surface area (Å²) in [4.78, 5) is 12.2. The SMILES string of the molecule is CCS(=O)(=O)c1ccccc1C(=O)NCC(O)CC(C)C. The van der Waals surface area contributed by atoms with Crippen LogP contribution in [-0.2, 0) is 9.84 Å². The smallest absolute Gasteiger partial charge is 0.252 e. The molecule has 0 aromatic heterocycles. The Morgan fingerprint density at radius 3 is 2.48 bits per heavy atom. The van der Waals surface area contributed by atoms with E-state index in [4.69, 9.17) is 0 Å². The molecular weight excluding hydrogens is 290 g/mol. The summed E-state index contributed by atoms with van der Waals surface area (Å²) in [6.07, 6.45) is -0.0567. The maximum absolute atomic E-state index is 12.1. The molecule has 0 aliphatic rings. The fraction of sp³-hybridized carbons (Fsp3) is 0.533. The van der Waals surface area contributed by atoms with Gasteiger partial charge < -0.3 is 10.4 Å². The maximum atomic E-state index is 12.1. The van der Waals surface area contributed by atoms with Gasteiger partial charge in [0.25, 0.3) is 5.91 Å². The molecule has 0 radical (unpaired) electrons. The van der Waals surface area contributed by atoms with Crippen molar-refractivity contribution in [2.24, 2.45) is 5.92 Å². The van der Waals surface area contributed by atoms with E-state index in [-0.39, 0.29) is 22.8 Å². The zero-order valence-electron chi connectivity index (χ0n) is 12.7. The van der Waals surface area contributed by atoms with E-state index in [0.717, 1.165) is 0 Å². The highest BCUT2D eigenvalue weighted by molar-refractivity contribution is 7.91.